The van der Waals surface area contributed by atoms with Gasteiger partial charge in [-0.3, -0.25) is 13.9 Å². The lowest BCUT2D eigenvalue weighted by Gasteiger charge is -2.32. The van der Waals surface area contributed by atoms with E-state index in [1.807, 2.05) is 6.92 Å². The summed E-state index contributed by atoms with van der Waals surface area (Å²) in [5, 5.41) is 3.06. The topological polar surface area (TPSA) is 86.8 Å². The van der Waals surface area contributed by atoms with Crippen molar-refractivity contribution in [3.8, 4) is 0 Å². The van der Waals surface area contributed by atoms with Gasteiger partial charge in [0.2, 0.25) is 21.8 Å². The number of carbonyl (C=O) groups excluding carboxylic acids is 2. The molecule has 0 radical (unpaired) electrons. The van der Waals surface area contributed by atoms with Gasteiger partial charge < -0.3 is 10.2 Å². The molecule has 2 rings (SSSR count). The Morgan fingerprint density at radius 3 is 2.26 bits per heavy atom. The van der Waals surface area contributed by atoms with Gasteiger partial charge in [-0.1, -0.05) is 54.2 Å². The van der Waals surface area contributed by atoms with E-state index in [4.69, 9.17) is 34.8 Å². The van der Waals surface area contributed by atoms with E-state index in [1.165, 1.54) is 17.9 Å². The van der Waals surface area contributed by atoms with Crippen LogP contribution in [0.4, 0.5) is 10.1 Å². The van der Waals surface area contributed by atoms with E-state index in [-0.39, 0.29) is 17.3 Å². The minimum absolute atomic E-state index is 0.00280. The lowest BCUT2D eigenvalue weighted by atomic mass is 10.1. The largest absolute Gasteiger partial charge is 0.354 e. The number of halogens is 4. The lowest BCUT2D eigenvalue weighted by molar-refractivity contribution is -0.139. The quantitative estimate of drug-likeness (QED) is 0.393. The van der Waals surface area contributed by atoms with Crippen LogP contribution in [0.25, 0.3) is 0 Å². The summed E-state index contributed by atoms with van der Waals surface area (Å²) in [4.78, 5) is 27.5. The lowest BCUT2D eigenvalue weighted by Crippen LogP contribution is -2.51. The van der Waals surface area contributed by atoms with Crippen LogP contribution >= 0.6 is 34.8 Å². The molecule has 1 N–H and O–H groups in total. The van der Waals surface area contributed by atoms with E-state index in [9.17, 15) is 22.4 Å². The van der Waals surface area contributed by atoms with Crippen LogP contribution in [0.3, 0.4) is 0 Å². The van der Waals surface area contributed by atoms with Gasteiger partial charge in [0, 0.05) is 28.7 Å². The molecule has 2 amide bonds. The van der Waals surface area contributed by atoms with Crippen molar-refractivity contribution in [3.63, 3.8) is 0 Å². The average molecular weight is 567 g/mol. The maximum absolute atomic E-state index is 13.6. The number of sulfonamides is 1. The highest BCUT2D eigenvalue weighted by Crippen LogP contribution is 2.28. The molecule has 0 saturated carbocycles. The van der Waals surface area contributed by atoms with Crippen molar-refractivity contribution in [2.75, 3.05) is 23.7 Å². The number of anilines is 1. The molecule has 0 aliphatic rings. The van der Waals surface area contributed by atoms with Crippen molar-refractivity contribution in [1.82, 2.24) is 10.2 Å². The zero-order valence-electron chi connectivity index (χ0n) is 19.5. The van der Waals surface area contributed by atoms with E-state index in [2.05, 4.69) is 5.32 Å². The van der Waals surface area contributed by atoms with Gasteiger partial charge in [-0.15, -0.1) is 0 Å². The van der Waals surface area contributed by atoms with E-state index in [0.717, 1.165) is 35.5 Å². The predicted molar refractivity (Wildman–Crippen MR) is 138 cm³/mol. The Morgan fingerprint density at radius 2 is 1.71 bits per heavy atom. The predicted octanol–water partition coefficient (Wildman–Crippen LogP) is 4.89. The van der Waals surface area contributed by atoms with Crippen molar-refractivity contribution in [1.29, 1.82) is 0 Å². The van der Waals surface area contributed by atoms with Crippen LogP contribution in [-0.2, 0) is 26.2 Å². The van der Waals surface area contributed by atoms with Gasteiger partial charge in [0.1, 0.15) is 18.4 Å². The minimum atomic E-state index is -3.98. The standard InChI is InChI=1S/C23H27Cl3FN3O4S/c1-4-5-11-28-23(32)15(2)29(13-17-18(24)7-6-8-19(17)25)22(31)14-30(35(3,33)34)16-9-10-21(27)20(26)12-16/h6-10,12,15H,4-5,11,13-14H2,1-3H3,(H,28,32)/t15-/m0/s1. The molecule has 2 aromatic carbocycles. The molecule has 0 bridgehead atoms. The SMILES string of the molecule is CCCCNC(=O)[C@H](C)N(Cc1c(Cl)cccc1Cl)C(=O)CN(c1ccc(F)c(Cl)c1)S(C)(=O)=O. The molecule has 192 valence electrons. The molecule has 0 heterocycles. The second-order valence-corrected chi connectivity index (χ2v) is 11.0. The first kappa shape index (κ1) is 29.2. The third-order valence-electron chi connectivity index (χ3n) is 5.26. The Kier molecular flexibility index (Phi) is 10.6. The fraction of sp³-hybridized carbons (Fsp3) is 0.391. The summed E-state index contributed by atoms with van der Waals surface area (Å²) in [6, 6.07) is 7.19. The Labute approximate surface area is 220 Å². The first-order valence-corrected chi connectivity index (χ1v) is 13.8. The molecule has 0 fully saturated rings. The molecule has 2 aromatic rings. The van der Waals surface area contributed by atoms with E-state index >= 15 is 0 Å². The van der Waals surface area contributed by atoms with Crippen LogP contribution in [0.2, 0.25) is 15.1 Å². The van der Waals surface area contributed by atoms with Crippen LogP contribution in [0.5, 0.6) is 0 Å². The second kappa shape index (κ2) is 12.8. The molecule has 0 saturated heterocycles. The number of nitrogens with one attached hydrogen (secondary N) is 1. The van der Waals surface area contributed by atoms with Gasteiger partial charge in [0.05, 0.1) is 17.0 Å². The summed E-state index contributed by atoms with van der Waals surface area (Å²) in [5.41, 5.74) is 0.413. The van der Waals surface area contributed by atoms with Crippen molar-refractivity contribution in [3.05, 3.63) is 62.8 Å². The van der Waals surface area contributed by atoms with Crippen molar-refractivity contribution < 1.29 is 22.4 Å². The summed E-state index contributed by atoms with van der Waals surface area (Å²) in [6.45, 7) is 3.14. The van der Waals surface area contributed by atoms with Gasteiger partial charge in [0.25, 0.3) is 0 Å². The number of rotatable bonds is 11. The molecule has 35 heavy (non-hydrogen) atoms. The Morgan fingerprint density at radius 1 is 1.09 bits per heavy atom. The van der Waals surface area contributed by atoms with Gasteiger partial charge >= 0.3 is 0 Å². The molecule has 0 aliphatic carbocycles. The molecule has 1 atom stereocenters. The van der Waals surface area contributed by atoms with Crippen molar-refractivity contribution in [2.45, 2.75) is 39.3 Å². The molecule has 0 aliphatic heterocycles. The Hall–Kier alpha value is -2.07. The normalized spacial score (nSPS) is 12.2. The zero-order chi connectivity index (χ0) is 26.3. The van der Waals surface area contributed by atoms with Crippen LogP contribution in [0.1, 0.15) is 32.3 Å². The van der Waals surface area contributed by atoms with Gasteiger partial charge in [-0.25, -0.2) is 12.8 Å². The molecule has 12 heteroatoms. The summed E-state index contributed by atoms with van der Waals surface area (Å²) in [6.07, 6.45) is 2.54. The first-order chi connectivity index (χ1) is 16.4. The molecule has 0 unspecified atom stereocenters. The van der Waals surface area contributed by atoms with E-state index < -0.39 is 40.2 Å². The highest BCUT2D eigenvalue weighted by molar-refractivity contribution is 7.92. The Balaban J connectivity index is 2.43. The minimum Gasteiger partial charge on any atom is -0.354 e. The molecule has 0 aromatic heterocycles. The number of hydrogen-bond acceptors (Lipinski definition) is 4. The maximum atomic E-state index is 13.6. The second-order valence-electron chi connectivity index (χ2n) is 7.91. The Bertz CT molecular complexity index is 1160. The number of carbonyl (C=O) groups is 2. The van der Waals surface area contributed by atoms with Crippen LogP contribution in [0.15, 0.2) is 36.4 Å². The highest BCUT2D eigenvalue weighted by Gasteiger charge is 2.31. The fourth-order valence-electron chi connectivity index (χ4n) is 3.23. The molecular weight excluding hydrogens is 540 g/mol. The number of amides is 2. The summed E-state index contributed by atoms with van der Waals surface area (Å²) >= 11 is 18.4. The van der Waals surface area contributed by atoms with Gasteiger partial charge in [-0.05, 0) is 43.7 Å². The number of unbranched alkanes of at least 4 members (excludes halogenated alkanes) is 1. The summed E-state index contributed by atoms with van der Waals surface area (Å²) in [7, 11) is -3.98. The van der Waals surface area contributed by atoms with Gasteiger partial charge in [-0.2, -0.15) is 0 Å². The van der Waals surface area contributed by atoms with E-state index in [0.29, 0.717) is 22.2 Å². The zero-order valence-corrected chi connectivity index (χ0v) is 22.6. The highest BCUT2D eigenvalue weighted by atomic mass is 35.5. The fourth-order valence-corrected chi connectivity index (χ4v) is 4.76. The monoisotopic (exact) mass is 565 g/mol. The van der Waals surface area contributed by atoms with E-state index in [1.54, 1.807) is 18.2 Å². The molecule has 7 nitrogen and oxygen atoms in total. The van der Waals surface area contributed by atoms with Crippen molar-refractivity contribution >= 4 is 62.3 Å². The third-order valence-corrected chi connectivity index (χ3v) is 7.40. The first-order valence-electron chi connectivity index (χ1n) is 10.8. The third kappa shape index (κ3) is 7.96. The summed E-state index contributed by atoms with van der Waals surface area (Å²) < 4.78 is 39.5. The van der Waals surface area contributed by atoms with Crippen LogP contribution in [-0.4, -0.2) is 50.5 Å². The smallest absolute Gasteiger partial charge is 0.244 e. The average Bonchev–Trinajstić information content (AvgIpc) is 2.78. The number of nitrogens with zero attached hydrogens (tertiary/aromatic N) is 2. The van der Waals surface area contributed by atoms with Gasteiger partial charge in [0.15, 0.2) is 0 Å². The summed E-state index contributed by atoms with van der Waals surface area (Å²) in [5.74, 6) is -1.83. The van der Waals surface area contributed by atoms with Crippen LogP contribution in [0, 0.1) is 5.82 Å². The molecular formula is C23H27Cl3FN3O4S. The number of benzene rings is 2. The number of hydrogen-bond donors (Lipinski definition) is 1. The molecule has 0 spiro atoms. The maximum Gasteiger partial charge on any atom is 0.244 e. The van der Waals surface area contributed by atoms with Crippen molar-refractivity contribution in [2.24, 2.45) is 0 Å². The van der Waals surface area contributed by atoms with Crippen LogP contribution < -0.4 is 9.62 Å².